The van der Waals surface area contributed by atoms with Crippen LogP contribution in [0.25, 0.3) is 11.5 Å². The highest BCUT2D eigenvalue weighted by Gasteiger charge is 2.32. The smallest absolute Gasteiger partial charge is 0.416 e. The Morgan fingerprint density at radius 2 is 1.86 bits per heavy atom. The molecular weight excluding hydrogens is 371 g/mol. The maximum absolute atomic E-state index is 12.9. The average Bonchev–Trinajstić information content (AvgIpc) is 3.28. The largest absolute Gasteiger partial charge is 0.460 e. The maximum Gasteiger partial charge on any atom is 0.416 e. The molecule has 0 aliphatic carbocycles. The van der Waals surface area contributed by atoms with Gasteiger partial charge in [0.1, 0.15) is 11.5 Å². The van der Waals surface area contributed by atoms with Gasteiger partial charge in [0.15, 0.2) is 11.5 Å². The first-order valence-electron chi connectivity index (χ1n) is 8.64. The Morgan fingerprint density at radius 3 is 2.50 bits per heavy atom. The van der Waals surface area contributed by atoms with Gasteiger partial charge in [0, 0.05) is 18.0 Å². The molecule has 3 rings (SSSR count). The van der Waals surface area contributed by atoms with Crippen molar-refractivity contribution in [1.29, 1.82) is 0 Å². The molecule has 5 nitrogen and oxygen atoms in total. The van der Waals surface area contributed by atoms with E-state index in [-0.39, 0.29) is 12.2 Å². The number of amides is 1. The molecule has 2 N–H and O–H groups in total. The summed E-state index contributed by atoms with van der Waals surface area (Å²) in [6.07, 6.45) is -4.41. The number of aromatic nitrogens is 2. The number of H-pyrrole nitrogens is 1. The highest BCUT2D eigenvalue weighted by Crippen LogP contribution is 2.32. The molecule has 1 amide bonds. The van der Waals surface area contributed by atoms with E-state index in [0.29, 0.717) is 17.0 Å². The molecular formula is C20H20F3N3O2. The number of aryl methyl sites for hydroxylation is 1. The normalized spacial score (nSPS) is 12.2. The number of carbonyl (C=O) groups is 1. The standard InChI is InChI=1S/C20H20F3N3O2/c1-12-7-8-17(28-12)15-10-16(26-25-15)18(27)24-11-19(2,3)13-5-4-6-14(9-13)20(21,22)23/h4-10H,11H2,1-3H3,(H,24,27)(H,25,26). The summed E-state index contributed by atoms with van der Waals surface area (Å²) in [7, 11) is 0. The molecule has 0 fully saturated rings. The predicted octanol–water partition coefficient (Wildman–Crippen LogP) is 4.70. The molecule has 148 valence electrons. The van der Waals surface area contributed by atoms with E-state index in [0.717, 1.165) is 17.9 Å². The van der Waals surface area contributed by atoms with E-state index in [1.165, 1.54) is 6.07 Å². The average molecular weight is 391 g/mol. The molecule has 0 aliphatic heterocycles. The number of carbonyl (C=O) groups excluding carboxylic acids is 1. The number of aromatic amines is 1. The highest BCUT2D eigenvalue weighted by molar-refractivity contribution is 5.93. The molecule has 3 aromatic rings. The minimum atomic E-state index is -4.41. The van der Waals surface area contributed by atoms with Crippen molar-refractivity contribution in [2.75, 3.05) is 6.54 Å². The van der Waals surface area contributed by atoms with E-state index in [1.54, 1.807) is 38.1 Å². The number of halogens is 3. The summed E-state index contributed by atoms with van der Waals surface area (Å²) in [5, 5.41) is 9.45. The van der Waals surface area contributed by atoms with Crippen molar-refractivity contribution in [3.05, 3.63) is 65.0 Å². The summed E-state index contributed by atoms with van der Waals surface area (Å²) in [6.45, 7) is 5.49. The Balaban J connectivity index is 1.69. The number of furan rings is 1. The first-order chi connectivity index (χ1) is 13.1. The fraction of sp³-hybridized carbons (Fsp3) is 0.300. The predicted molar refractivity (Wildman–Crippen MR) is 97.8 cm³/mol. The first-order valence-corrected chi connectivity index (χ1v) is 8.64. The lowest BCUT2D eigenvalue weighted by Gasteiger charge is -2.26. The van der Waals surface area contributed by atoms with Gasteiger partial charge >= 0.3 is 6.18 Å². The molecule has 0 saturated carbocycles. The van der Waals surface area contributed by atoms with Crippen LogP contribution in [0.5, 0.6) is 0 Å². The quantitative estimate of drug-likeness (QED) is 0.662. The Kier molecular flexibility index (Phi) is 5.06. The molecule has 0 bridgehead atoms. The van der Waals surface area contributed by atoms with Gasteiger partial charge in [-0.3, -0.25) is 9.89 Å². The minimum Gasteiger partial charge on any atom is -0.460 e. The summed E-state index contributed by atoms with van der Waals surface area (Å²) in [5.74, 6) is 0.873. The molecule has 8 heteroatoms. The molecule has 0 spiro atoms. The van der Waals surface area contributed by atoms with Crippen LogP contribution >= 0.6 is 0 Å². The van der Waals surface area contributed by atoms with Crippen molar-refractivity contribution in [2.24, 2.45) is 0 Å². The maximum atomic E-state index is 12.9. The summed E-state index contributed by atoms with van der Waals surface area (Å²) in [6, 6.07) is 10.2. The molecule has 0 unspecified atom stereocenters. The number of benzene rings is 1. The van der Waals surface area contributed by atoms with Crippen molar-refractivity contribution in [1.82, 2.24) is 15.5 Å². The van der Waals surface area contributed by atoms with Gasteiger partial charge in [-0.15, -0.1) is 0 Å². The molecule has 0 saturated heterocycles. The zero-order valence-corrected chi connectivity index (χ0v) is 15.6. The van der Waals surface area contributed by atoms with Gasteiger partial charge in [-0.25, -0.2) is 0 Å². The summed E-state index contributed by atoms with van der Waals surface area (Å²) < 4.78 is 44.3. The number of rotatable bonds is 5. The number of nitrogens with zero attached hydrogens (tertiary/aromatic N) is 1. The fourth-order valence-electron chi connectivity index (χ4n) is 2.75. The van der Waals surface area contributed by atoms with Crippen molar-refractivity contribution >= 4 is 5.91 Å². The van der Waals surface area contributed by atoms with E-state index in [9.17, 15) is 18.0 Å². The van der Waals surface area contributed by atoms with Crippen molar-refractivity contribution in [3.63, 3.8) is 0 Å². The molecule has 0 radical (unpaired) electrons. The first kappa shape index (κ1) is 19.7. The third-order valence-electron chi connectivity index (χ3n) is 4.48. The number of hydrogen-bond acceptors (Lipinski definition) is 3. The van der Waals surface area contributed by atoms with Gasteiger partial charge in [-0.2, -0.15) is 18.3 Å². The van der Waals surface area contributed by atoms with Gasteiger partial charge in [-0.1, -0.05) is 32.0 Å². The lowest BCUT2D eigenvalue weighted by molar-refractivity contribution is -0.137. The Morgan fingerprint density at radius 1 is 1.14 bits per heavy atom. The lowest BCUT2D eigenvalue weighted by Crippen LogP contribution is -2.37. The van der Waals surface area contributed by atoms with Gasteiger partial charge in [0.2, 0.25) is 0 Å². The zero-order valence-electron chi connectivity index (χ0n) is 15.6. The monoisotopic (exact) mass is 391 g/mol. The van der Waals surface area contributed by atoms with Crippen LogP contribution in [0.15, 0.2) is 46.9 Å². The van der Waals surface area contributed by atoms with Crippen LogP contribution in [-0.4, -0.2) is 22.6 Å². The van der Waals surface area contributed by atoms with E-state index < -0.39 is 23.1 Å². The molecule has 28 heavy (non-hydrogen) atoms. The molecule has 0 aliphatic rings. The van der Waals surface area contributed by atoms with Crippen molar-refractivity contribution < 1.29 is 22.4 Å². The lowest BCUT2D eigenvalue weighted by atomic mass is 9.83. The van der Waals surface area contributed by atoms with Crippen LogP contribution in [0.1, 0.15) is 41.2 Å². The molecule has 2 heterocycles. The van der Waals surface area contributed by atoms with Crippen LogP contribution in [0.2, 0.25) is 0 Å². The van der Waals surface area contributed by atoms with Gasteiger partial charge in [-0.05, 0) is 30.7 Å². The summed E-state index contributed by atoms with van der Waals surface area (Å²) in [5.41, 5.74) is -0.195. The van der Waals surface area contributed by atoms with Crippen LogP contribution < -0.4 is 5.32 Å². The summed E-state index contributed by atoms with van der Waals surface area (Å²) >= 11 is 0. The van der Waals surface area contributed by atoms with Crippen LogP contribution in [0, 0.1) is 6.92 Å². The highest BCUT2D eigenvalue weighted by atomic mass is 19.4. The minimum absolute atomic E-state index is 0.148. The third kappa shape index (κ3) is 4.27. The molecule has 0 atom stereocenters. The van der Waals surface area contributed by atoms with Crippen LogP contribution in [0.3, 0.4) is 0 Å². The van der Waals surface area contributed by atoms with Crippen LogP contribution in [0.4, 0.5) is 13.2 Å². The van der Waals surface area contributed by atoms with Gasteiger partial charge in [0.25, 0.3) is 5.91 Å². The van der Waals surface area contributed by atoms with Crippen molar-refractivity contribution in [2.45, 2.75) is 32.4 Å². The molecule has 2 aromatic heterocycles. The van der Waals surface area contributed by atoms with E-state index in [2.05, 4.69) is 15.5 Å². The number of alkyl halides is 3. The fourth-order valence-corrected chi connectivity index (χ4v) is 2.75. The van der Waals surface area contributed by atoms with Crippen LogP contribution in [-0.2, 0) is 11.6 Å². The van der Waals surface area contributed by atoms with Gasteiger partial charge < -0.3 is 9.73 Å². The van der Waals surface area contributed by atoms with E-state index in [4.69, 9.17) is 4.42 Å². The number of nitrogens with one attached hydrogen (secondary N) is 2. The van der Waals surface area contributed by atoms with E-state index in [1.807, 2.05) is 6.92 Å². The Bertz CT molecular complexity index is 986. The Hall–Kier alpha value is -3.03. The molecule has 1 aromatic carbocycles. The third-order valence-corrected chi connectivity index (χ3v) is 4.48. The van der Waals surface area contributed by atoms with Gasteiger partial charge in [0.05, 0.1) is 5.56 Å². The topological polar surface area (TPSA) is 70.9 Å². The summed E-state index contributed by atoms with van der Waals surface area (Å²) in [4.78, 5) is 12.4. The Labute approximate surface area is 159 Å². The second-order valence-corrected chi connectivity index (χ2v) is 7.22. The SMILES string of the molecule is Cc1ccc(-c2cc(C(=O)NCC(C)(C)c3cccc(C(F)(F)F)c3)n[nH]2)o1. The van der Waals surface area contributed by atoms with E-state index >= 15 is 0 Å². The number of hydrogen-bond donors (Lipinski definition) is 2. The zero-order chi connectivity index (χ0) is 20.5. The van der Waals surface area contributed by atoms with Crippen molar-refractivity contribution in [3.8, 4) is 11.5 Å². The second-order valence-electron chi connectivity index (χ2n) is 7.22. The second kappa shape index (κ2) is 7.18.